The summed E-state index contributed by atoms with van der Waals surface area (Å²) < 4.78 is 5.62. The summed E-state index contributed by atoms with van der Waals surface area (Å²) in [4.78, 5) is 27.9. The fourth-order valence-corrected chi connectivity index (χ4v) is 1.38. The third-order valence-electron chi connectivity index (χ3n) is 2.46. The first-order valence-electron chi connectivity index (χ1n) is 5.45. The second kappa shape index (κ2) is 4.53. The summed E-state index contributed by atoms with van der Waals surface area (Å²) in [5.74, 6) is 0.272. The largest absolute Gasteiger partial charge is 0.489 e. The van der Waals surface area contributed by atoms with Crippen LogP contribution in [0.15, 0.2) is 12.3 Å². The van der Waals surface area contributed by atoms with Crippen LogP contribution in [-0.2, 0) is 0 Å². The van der Waals surface area contributed by atoms with Gasteiger partial charge in [0.2, 0.25) is 0 Å². The molecule has 2 rings (SSSR count). The molecule has 1 amide bonds. The Morgan fingerprint density at radius 2 is 2.24 bits per heavy atom. The van der Waals surface area contributed by atoms with E-state index in [0.29, 0.717) is 17.6 Å². The normalized spacial score (nSPS) is 14.2. The van der Waals surface area contributed by atoms with E-state index >= 15 is 0 Å². The minimum atomic E-state index is -0.175. The Kier molecular flexibility index (Phi) is 3.08. The van der Waals surface area contributed by atoms with Gasteiger partial charge in [0.05, 0.1) is 11.7 Å². The zero-order valence-corrected chi connectivity index (χ0v) is 9.84. The van der Waals surface area contributed by atoms with Crippen molar-refractivity contribution < 1.29 is 14.3 Å². The molecule has 0 spiro atoms. The summed E-state index contributed by atoms with van der Waals surface area (Å²) in [7, 11) is 3.33. The van der Waals surface area contributed by atoms with Crippen molar-refractivity contribution in [2.24, 2.45) is 0 Å². The molecule has 1 aliphatic rings. The molecule has 1 aromatic rings. The van der Waals surface area contributed by atoms with Crippen LogP contribution >= 0.6 is 0 Å². The molecule has 1 aromatic heterocycles. The molecule has 1 heterocycles. The molecule has 0 aliphatic heterocycles. The highest BCUT2D eigenvalue weighted by Gasteiger charge is 2.26. The molecule has 1 fully saturated rings. The Bertz CT molecular complexity index is 453. The van der Waals surface area contributed by atoms with E-state index in [9.17, 15) is 9.59 Å². The highest BCUT2D eigenvalue weighted by molar-refractivity contribution is 5.96. The summed E-state index contributed by atoms with van der Waals surface area (Å²) in [5, 5.41) is 0. The monoisotopic (exact) mass is 234 g/mol. The highest BCUT2D eigenvalue weighted by atomic mass is 16.5. The summed E-state index contributed by atoms with van der Waals surface area (Å²) >= 11 is 0. The third-order valence-corrected chi connectivity index (χ3v) is 2.46. The first-order valence-corrected chi connectivity index (χ1v) is 5.45. The van der Waals surface area contributed by atoms with Crippen molar-refractivity contribution in [3.63, 3.8) is 0 Å². The fourth-order valence-electron chi connectivity index (χ4n) is 1.38. The Labute approximate surface area is 99.4 Å². The van der Waals surface area contributed by atoms with E-state index in [1.165, 1.54) is 17.2 Å². The lowest BCUT2D eigenvalue weighted by Crippen LogP contribution is -2.23. The minimum absolute atomic E-state index is 0.172. The molecule has 90 valence electrons. The number of amides is 1. The highest BCUT2D eigenvalue weighted by Crippen LogP contribution is 2.29. The van der Waals surface area contributed by atoms with E-state index in [2.05, 4.69) is 4.98 Å². The number of nitrogens with zero attached hydrogens (tertiary/aromatic N) is 2. The minimum Gasteiger partial charge on any atom is -0.489 e. The van der Waals surface area contributed by atoms with Crippen LogP contribution in [0.3, 0.4) is 0 Å². The van der Waals surface area contributed by atoms with Gasteiger partial charge < -0.3 is 9.64 Å². The molecule has 5 nitrogen and oxygen atoms in total. The van der Waals surface area contributed by atoms with Crippen LogP contribution in [0.1, 0.15) is 33.7 Å². The fraction of sp³-hybridized carbons (Fsp3) is 0.417. The molecule has 1 saturated carbocycles. The van der Waals surface area contributed by atoms with Crippen LogP contribution in [0.25, 0.3) is 0 Å². The molecular formula is C12H14N2O3. The molecule has 17 heavy (non-hydrogen) atoms. The number of ether oxygens (including phenoxy) is 1. The Morgan fingerprint density at radius 1 is 1.53 bits per heavy atom. The van der Waals surface area contributed by atoms with Gasteiger partial charge in [0, 0.05) is 26.4 Å². The zero-order chi connectivity index (χ0) is 12.4. The number of aromatic nitrogens is 1. The van der Waals surface area contributed by atoms with Gasteiger partial charge in [-0.2, -0.15) is 0 Å². The van der Waals surface area contributed by atoms with Gasteiger partial charge in [-0.15, -0.1) is 0 Å². The molecule has 0 unspecified atom stereocenters. The van der Waals surface area contributed by atoms with Gasteiger partial charge in [-0.05, 0) is 12.8 Å². The van der Waals surface area contributed by atoms with Gasteiger partial charge in [-0.25, -0.2) is 0 Å². The van der Waals surface area contributed by atoms with Crippen molar-refractivity contribution in [3.05, 3.63) is 23.5 Å². The van der Waals surface area contributed by atoms with Gasteiger partial charge in [0.25, 0.3) is 5.91 Å². The van der Waals surface area contributed by atoms with Gasteiger partial charge in [0.1, 0.15) is 11.4 Å². The molecule has 0 atom stereocenters. The summed E-state index contributed by atoms with van der Waals surface area (Å²) in [6, 6.07) is 1.52. The lowest BCUT2D eigenvalue weighted by atomic mass is 10.2. The van der Waals surface area contributed by atoms with Gasteiger partial charge >= 0.3 is 0 Å². The molecule has 0 bridgehead atoms. The van der Waals surface area contributed by atoms with Crippen molar-refractivity contribution in [3.8, 4) is 5.75 Å². The zero-order valence-electron chi connectivity index (χ0n) is 9.84. The Hall–Kier alpha value is -1.91. The van der Waals surface area contributed by atoms with Crippen LogP contribution in [0.2, 0.25) is 0 Å². The first kappa shape index (κ1) is 11.6. The van der Waals surface area contributed by atoms with Crippen LogP contribution in [0.4, 0.5) is 0 Å². The van der Waals surface area contributed by atoms with Crippen LogP contribution in [0, 0.1) is 0 Å². The molecule has 1 aliphatic carbocycles. The lowest BCUT2D eigenvalue weighted by Gasteiger charge is -2.14. The average molecular weight is 234 g/mol. The standard InChI is InChI=1S/C12H14N2O3/c1-14(2)12(16)10-6-13-8(7-15)5-11(10)17-9-3-4-9/h5-7,9H,3-4H2,1-2H3. The van der Waals surface area contributed by atoms with Crippen molar-refractivity contribution >= 4 is 12.2 Å². The van der Waals surface area contributed by atoms with Crippen molar-refractivity contribution in [2.45, 2.75) is 18.9 Å². The molecule has 0 saturated heterocycles. The quantitative estimate of drug-likeness (QED) is 0.733. The summed E-state index contributed by atoms with van der Waals surface area (Å²) in [5.41, 5.74) is 0.670. The second-order valence-electron chi connectivity index (χ2n) is 4.24. The molecule has 0 aromatic carbocycles. The molecule has 5 heteroatoms. The number of carbonyl (C=O) groups excluding carboxylic acids is 2. The van der Waals surface area contributed by atoms with Crippen molar-refractivity contribution in [1.82, 2.24) is 9.88 Å². The smallest absolute Gasteiger partial charge is 0.258 e. The SMILES string of the molecule is CN(C)C(=O)c1cnc(C=O)cc1OC1CC1. The Morgan fingerprint density at radius 3 is 2.76 bits per heavy atom. The van der Waals surface area contributed by atoms with Crippen LogP contribution < -0.4 is 4.74 Å². The van der Waals surface area contributed by atoms with Crippen molar-refractivity contribution in [2.75, 3.05) is 14.1 Å². The van der Waals surface area contributed by atoms with E-state index in [1.54, 1.807) is 14.1 Å². The summed E-state index contributed by atoms with van der Waals surface area (Å²) in [6.07, 6.45) is 4.20. The van der Waals surface area contributed by atoms with E-state index in [-0.39, 0.29) is 17.7 Å². The van der Waals surface area contributed by atoms with E-state index < -0.39 is 0 Å². The predicted octanol–water partition coefficient (Wildman–Crippen LogP) is 1.14. The summed E-state index contributed by atoms with van der Waals surface area (Å²) in [6.45, 7) is 0. The average Bonchev–Trinajstić information content (AvgIpc) is 3.11. The van der Waals surface area contributed by atoms with Gasteiger partial charge in [-0.3, -0.25) is 14.6 Å². The number of carbonyl (C=O) groups is 2. The molecular weight excluding hydrogens is 220 g/mol. The number of pyridine rings is 1. The van der Waals surface area contributed by atoms with Crippen LogP contribution in [0.5, 0.6) is 5.75 Å². The maximum absolute atomic E-state index is 11.9. The molecule has 0 N–H and O–H groups in total. The Balaban J connectivity index is 2.34. The number of aldehydes is 1. The predicted molar refractivity (Wildman–Crippen MR) is 61.3 cm³/mol. The van der Waals surface area contributed by atoms with E-state index in [4.69, 9.17) is 4.74 Å². The number of rotatable bonds is 4. The number of hydrogen-bond donors (Lipinski definition) is 0. The van der Waals surface area contributed by atoms with Gasteiger partial charge in [0.15, 0.2) is 6.29 Å². The first-order chi connectivity index (χ1) is 8.11. The second-order valence-corrected chi connectivity index (χ2v) is 4.24. The topological polar surface area (TPSA) is 59.5 Å². The van der Waals surface area contributed by atoms with Gasteiger partial charge in [-0.1, -0.05) is 0 Å². The van der Waals surface area contributed by atoms with Crippen molar-refractivity contribution in [1.29, 1.82) is 0 Å². The lowest BCUT2D eigenvalue weighted by molar-refractivity contribution is 0.0821. The maximum Gasteiger partial charge on any atom is 0.258 e. The van der Waals surface area contributed by atoms with Crippen LogP contribution in [-0.4, -0.2) is 42.3 Å². The van der Waals surface area contributed by atoms with E-state index in [1.807, 2.05) is 0 Å². The molecule has 0 radical (unpaired) electrons. The third kappa shape index (κ3) is 2.61. The maximum atomic E-state index is 11.9. The number of hydrogen-bond acceptors (Lipinski definition) is 4. The van der Waals surface area contributed by atoms with E-state index in [0.717, 1.165) is 12.8 Å².